The van der Waals surface area contributed by atoms with Crippen molar-refractivity contribution < 1.29 is 14.5 Å². The van der Waals surface area contributed by atoms with Crippen molar-refractivity contribution in [1.82, 2.24) is 10.7 Å². The highest BCUT2D eigenvalue weighted by Crippen LogP contribution is 2.18. The van der Waals surface area contributed by atoms with Crippen LogP contribution in [-0.4, -0.2) is 35.9 Å². The molecule has 0 aliphatic heterocycles. The maximum atomic E-state index is 10.9. The first-order valence-corrected chi connectivity index (χ1v) is 8.23. The quantitative estimate of drug-likeness (QED) is 0.173. The standard InChI is InChI=1S/C16H22N4O4S/c1-12-7-8-13(10-14(12)20(22)23)11-18-19-16(25)17-9-5-3-4-6-15(21)24-2/h7-8,10-11H,3-6,9H2,1-2H3,(H2,17,19,25)/b18-11-. The van der Waals surface area contributed by atoms with E-state index in [2.05, 4.69) is 20.6 Å². The van der Waals surface area contributed by atoms with Crippen molar-refractivity contribution in [2.75, 3.05) is 13.7 Å². The molecule has 0 heterocycles. The average molecular weight is 366 g/mol. The number of rotatable bonds is 9. The number of nitrogens with zero attached hydrogens (tertiary/aromatic N) is 2. The van der Waals surface area contributed by atoms with E-state index < -0.39 is 4.92 Å². The van der Waals surface area contributed by atoms with Crippen LogP contribution in [0.5, 0.6) is 0 Å². The Morgan fingerprint density at radius 1 is 1.40 bits per heavy atom. The van der Waals surface area contributed by atoms with Gasteiger partial charge in [0.15, 0.2) is 5.11 Å². The number of nitro groups is 1. The molecule has 136 valence electrons. The van der Waals surface area contributed by atoms with Crippen molar-refractivity contribution in [1.29, 1.82) is 0 Å². The summed E-state index contributed by atoms with van der Waals surface area (Å²) in [4.78, 5) is 21.4. The van der Waals surface area contributed by atoms with Crippen LogP contribution in [0, 0.1) is 17.0 Å². The number of aryl methyl sites for hydroxylation is 1. The lowest BCUT2D eigenvalue weighted by atomic mass is 10.1. The smallest absolute Gasteiger partial charge is 0.305 e. The van der Waals surface area contributed by atoms with Crippen molar-refractivity contribution in [2.24, 2.45) is 5.10 Å². The number of hydrazone groups is 1. The fraction of sp³-hybridized carbons (Fsp3) is 0.438. The molecule has 0 aromatic heterocycles. The van der Waals surface area contributed by atoms with E-state index >= 15 is 0 Å². The third-order valence-electron chi connectivity index (χ3n) is 3.38. The molecular formula is C16H22N4O4S. The summed E-state index contributed by atoms with van der Waals surface area (Å²) in [5.41, 5.74) is 3.91. The van der Waals surface area contributed by atoms with Crippen LogP contribution in [0.15, 0.2) is 23.3 Å². The Bertz CT molecular complexity index is 649. The molecule has 9 heteroatoms. The predicted octanol–water partition coefficient (Wildman–Crippen LogP) is 2.43. The molecule has 0 aliphatic rings. The first-order chi connectivity index (χ1) is 11.9. The van der Waals surface area contributed by atoms with E-state index in [1.54, 1.807) is 19.1 Å². The monoisotopic (exact) mass is 366 g/mol. The minimum absolute atomic E-state index is 0.0524. The van der Waals surface area contributed by atoms with E-state index in [9.17, 15) is 14.9 Å². The predicted molar refractivity (Wildman–Crippen MR) is 99.6 cm³/mol. The lowest BCUT2D eigenvalue weighted by Crippen LogP contribution is -2.32. The van der Waals surface area contributed by atoms with Gasteiger partial charge in [-0.3, -0.25) is 20.3 Å². The maximum absolute atomic E-state index is 10.9. The van der Waals surface area contributed by atoms with Crippen molar-refractivity contribution in [3.8, 4) is 0 Å². The van der Waals surface area contributed by atoms with Gasteiger partial charge in [-0.05, 0) is 32.0 Å². The number of esters is 1. The van der Waals surface area contributed by atoms with E-state index in [-0.39, 0.29) is 11.7 Å². The van der Waals surface area contributed by atoms with Gasteiger partial charge < -0.3 is 10.1 Å². The average Bonchev–Trinajstić information content (AvgIpc) is 2.58. The lowest BCUT2D eigenvalue weighted by Gasteiger charge is -2.06. The molecule has 0 amide bonds. The summed E-state index contributed by atoms with van der Waals surface area (Å²) in [6.45, 7) is 2.35. The fourth-order valence-corrected chi connectivity index (χ4v) is 2.14. The molecule has 0 aliphatic carbocycles. The van der Waals surface area contributed by atoms with Gasteiger partial charge in [0.1, 0.15) is 0 Å². The minimum atomic E-state index is -0.424. The number of methoxy groups -OCH3 is 1. The van der Waals surface area contributed by atoms with Crippen LogP contribution in [0.4, 0.5) is 5.69 Å². The number of carbonyl (C=O) groups is 1. The van der Waals surface area contributed by atoms with Gasteiger partial charge >= 0.3 is 5.97 Å². The third kappa shape index (κ3) is 8.20. The van der Waals surface area contributed by atoms with E-state index in [1.807, 2.05) is 0 Å². The third-order valence-corrected chi connectivity index (χ3v) is 3.62. The first-order valence-electron chi connectivity index (χ1n) is 7.82. The Kier molecular flexibility index (Phi) is 9.09. The van der Waals surface area contributed by atoms with Crippen LogP contribution in [0.25, 0.3) is 0 Å². The summed E-state index contributed by atoms with van der Waals surface area (Å²) < 4.78 is 4.56. The van der Waals surface area contributed by atoms with Gasteiger partial charge in [0.2, 0.25) is 0 Å². The van der Waals surface area contributed by atoms with Crippen LogP contribution in [0.2, 0.25) is 0 Å². The van der Waals surface area contributed by atoms with Crippen LogP contribution in [0.3, 0.4) is 0 Å². The van der Waals surface area contributed by atoms with Crippen molar-refractivity contribution in [2.45, 2.75) is 32.6 Å². The molecule has 0 radical (unpaired) electrons. The number of hydrogen-bond acceptors (Lipinski definition) is 6. The molecule has 0 fully saturated rings. The summed E-state index contributed by atoms with van der Waals surface area (Å²) in [6, 6.07) is 4.87. The number of carbonyl (C=O) groups excluding carboxylic acids is 1. The van der Waals surface area contributed by atoms with Crippen LogP contribution in [-0.2, 0) is 9.53 Å². The largest absolute Gasteiger partial charge is 0.469 e. The number of hydrogen-bond donors (Lipinski definition) is 2. The van der Waals surface area contributed by atoms with Gasteiger partial charge in [0, 0.05) is 30.2 Å². The Morgan fingerprint density at radius 3 is 2.84 bits per heavy atom. The molecule has 0 bridgehead atoms. The first kappa shape index (κ1) is 20.5. The van der Waals surface area contributed by atoms with Gasteiger partial charge in [-0.1, -0.05) is 18.6 Å². The van der Waals surface area contributed by atoms with Crippen LogP contribution >= 0.6 is 12.2 Å². The molecule has 8 nitrogen and oxygen atoms in total. The molecule has 0 atom stereocenters. The number of unbranched alkanes of at least 4 members (excludes halogenated alkanes) is 2. The number of nitrogens with one attached hydrogen (secondary N) is 2. The van der Waals surface area contributed by atoms with Gasteiger partial charge in [-0.15, -0.1) is 0 Å². The number of ether oxygens (including phenoxy) is 1. The molecular weight excluding hydrogens is 344 g/mol. The topological polar surface area (TPSA) is 106 Å². The molecule has 0 spiro atoms. The minimum Gasteiger partial charge on any atom is -0.469 e. The van der Waals surface area contributed by atoms with E-state index in [4.69, 9.17) is 12.2 Å². The highest BCUT2D eigenvalue weighted by atomic mass is 32.1. The van der Waals surface area contributed by atoms with E-state index in [1.165, 1.54) is 19.4 Å². The zero-order valence-corrected chi connectivity index (χ0v) is 15.1. The fourth-order valence-electron chi connectivity index (χ4n) is 1.98. The van der Waals surface area contributed by atoms with E-state index in [0.29, 0.717) is 29.2 Å². The molecule has 0 saturated carbocycles. The lowest BCUT2D eigenvalue weighted by molar-refractivity contribution is -0.385. The Labute approximate surface area is 151 Å². The number of benzene rings is 1. The molecule has 25 heavy (non-hydrogen) atoms. The summed E-state index contributed by atoms with van der Waals surface area (Å²) in [5.74, 6) is -0.198. The molecule has 1 rings (SSSR count). The zero-order valence-electron chi connectivity index (χ0n) is 14.3. The maximum Gasteiger partial charge on any atom is 0.305 e. The second-order valence-electron chi connectivity index (χ2n) is 5.32. The number of nitro benzene ring substituents is 1. The molecule has 0 unspecified atom stereocenters. The van der Waals surface area contributed by atoms with Crippen LogP contribution < -0.4 is 10.7 Å². The second-order valence-corrected chi connectivity index (χ2v) is 5.72. The van der Waals surface area contributed by atoms with Gasteiger partial charge in [0.05, 0.1) is 18.2 Å². The van der Waals surface area contributed by atoms with Crippen molar-refractivity contribution in [3.05, 3.63) is 39.4 Å². The number of thiocarbonyl (C=S) groups is 1. The van der Waals surface area contributed by atoms with Crippen molar-refractivity contribution in [3.63, 3.8) is 0 Å². The van der Waals surface area contributed by atoms with Gasteiger partial charge in [-0.25, -0.2) is 0 Å². The molecule has 1 aromatic rings. The van der Waals surface area contributed by atoms with Gasteiger partial charge in [0.25, 0.3) is 5.69 Å². The summed E-state index contributed by atoms with van der Waals surface area (Å²) in [6.07, 6.45) is 4.43. The Morgan fingerprint density at radius 2 is 2.16 bits per heavy atom. The Balaban J connectivity index is 2.27. The summed E-state index contributed by atoms with van der Waals surface area (Å²) in [7, 11) is 1.38. The van der Waals surface area contributed by atoms with Gasteiger partial charge in [-0.2, -0.15) is 5.10 Å². The van der Waals surface area contributed by atoms with E-state index in [0.717, 1.165) is 19.3 Å². The van der Waals surface area contributed by atoms with Crippen molar-refractivity contribution >= 4 is 35.2 Å². The summed E-state index contributed by atoms with van der Waals surface area (Å²) >= 11 is 5.08. The Hall–Kier alpha value is -2.55. The second kappa shape index (κ2) is 11.1. The normalized spacial score (nSPS) is 10.5. The highest BCUT2D eigenvalue weighted by Gasteiger charge is 2.09. The highest BCUT2D eigenvalue weighted by molar-refractivity contribution is 7.80. The SMILES string of the molecule is COC(=O)CCCCCNC(=S)N/N=C\c1ccc(C)c([N+](=O)[O-])c1. The zero-order chi connectivity index (χ0) is 18.7. The summed E-state index contributed by atoms with van der Waals surface area (Å²) in [5, 5.41) is 18.2. The van der Waals surface area contributed by atoms with Crippen LogP contribution in [0.1, 0.15) is 36.8 Å². The molecule has 2 N–H and O–H groups in total. The molecule has 1 aromatic carbocycles. The molecule has 0 saturated heterocycles.